The molecule has 3 aromatic rings. The molecule has 20 heavy (non-hydrogen) atoms. The van der Waals surface area contributed by atoms with Crippen LogP contribution in [-0.2, 0) is 0 Å². The molecule has 0 atom stereocenters. The van der Waals surface area contributed by atoms with Crippen LogP contribution in [-0.4, -0.2) is 14.7 Å². The number of hydrogen-bond donors (Lipinski definition) is 1. The Morgan fingerprint density at radius 2 is 1.90 bits per heavy atom. The zero-order chi connectivity index (χ0) is 14.3. The summed E-state index contributed by atoms with van der Waals surface area (Å²) in [7, 11) is 0. The van der Waals surface area contributed by atoms with Crippen molar-refractivity contribution in [2.75, 3.05) is 0 Å². The van der Waals surface area contributed by atoms with Gasteiger partial charge < -0.3 is 9.67 Å². The van der Waals surface area contributed by atoms with Gasteiger partial charge in [0.15, 0.2) is 0 Å². The van der Waals surface area contributed by atoms with Crippen molar-refractivity contribution < 1.29 is 9.50 Å². The standard InChI is InChI=1S/C16H15FN2O/c1-10(2)19-14-9-11(17)7-8-13(14)18-16(19)12-5-3-4-6-15(12)20/h3-10,20H,1-2H3. The first-order chi connectivity index (χ1) is 9.58. The fourth-order valence-corrected chi connectivity index (χ4v) is 2.44. The summed E-state index contributed by atoms with van der Waals surface area (Å²) in [6.07, 6.45) is 0. The molecular weight excluding hydrogens is 255 g/mol. The van der Waals surface area contributed by atoms with Crippen LogP contribution < -0.4 is 0 Å². The lowest BCUT2D eigenvalue weighted by Crippen LogP contribution is -2.03. The molecule has 0 saturated heterocycles. The third kappa shape index (κ3) is 1.93. The van der Waals surface area contributed by atoms with Gasteiger partial charge in [-0.3, -0.25) is 0 Å². The van der Waals surface area contributed by atoms with Crippen molar-refractivity contribution in [3.8, 4) is 17.1 Å². The molecule has 4 heteroatoms. The Balaban J connectivity index is 2.36. The number of nitrogens with zero attached hydrogens (tertiary/aromatic N) is 2. The third-order valence-electron chi connectivity index (χ3n) is 3.31. The van der Waals surface area contributed by atoms with Crippen molar-refractivity contribution in [1.29, 1.82) is 0 Å². The summed E-state index contributed by atoms with van der Waals surface area (Å²) < 4.78 is 15.4. The van der Waals surface area contributed by atoms with Gasteiger partial charge in [-0.25, -0.2) is 9.37 Å². The highest BCUT2D eigenvalue weighted by Crippen LogP contribution is 2.33. The molecule has 0 unspecified atom stereocenters. The number of para-hydroxylation sites is 1. The van der Waals surface area contributed by atoms with E-state index >= 15 is 0 Å². The number of halogens is 1. The Morgan fingerprint density at radius 1 is 1.15 bits per heavy atom. The monoisotopic (exact) mass is 270 g/mol. The molecule has 0 aliphatic rings. The van der Waals surface area contributed by atoms with Gasteiger partial charge in [-0.2, -0.15) is 0 Å². The van der Waals surface area contributed by atoms with Gasteiger partial charge in [0, 0.05) is 6.04 Å². The van der Waals surface area contributed by atoms with Crippen LogP contribution in [0.25, 0.3) is 22.4 Å². The number of aromatic nitrogens is 2. The molecule has 102 valence electrons. The number of rotatable bonds is 2. The highest BCUT2D eigenvalue weighted by molar-refractivity contribution is 5.82. The smallest absolute Gasteiger partial charge is 0.145 e. The molecular formula is C16H15FN2O. The summed E-state index contributed by atoms with van der Waals surface area (Å²) in [5, 5.41) is 10.0. The highest BCUT2D eigenvalue weighted by atomic mass is 19.1. The van der Waals surface area contributed by atoms with Gasteiger partial charge in [0.05, 0.1) is 16.6 Å². The van der Waals surface area contributed by atoms with E-state index < -0.39 is 0 Å². The summed E-state index contributed by atoms with van der Waals surface area (Å²) in [6, 6.07) is 11.7. The minimum atomic E-state index is -0.289. The predicted octanol–water partition coefficient (Wildman–Crippen LogP) is 4.13. The van der Waals surface area contributed by atoms with Crippen LogP contribution in [0.5, 0.6) is 5.75 Å². The lowest BCUT2D eigenvalue weighted by molar-refractivity contribution is 0.476. The highest BCUT2D eigenvalue weighted by Gasteiger charge is 2.17. The van der Waals surface area contributed by atoms with Gasteiger partial charge in [-0.1, -0.05) is 12.1 Å². The first-order valence-corrected chi connectivity index (χ1v) is 6.54. The second kappa shape index (κ2) is 4.63. The van der Waals surface area contributed by atoms with Crippen LogP contribution in [0.4, 0.5) is 4.39 Å². The van der Waals surface area contributed by atoms with E-state index in [2.05, 4.69) is 4.98 Å². The number of aromatic hydroxyl groups is 1. The lowest BCUT2D eigenvalue weighted by atomic mass is 10.2. The maximum atomic E-state index is 13.5. The normalized spacial score (nSPS) is 11.4. The molecule has 2 aromatic carbocycles. The molecule has 0 aliphatic carbocycles. The Labute approximate surface area is 116 Å². The van der Waals surface area contributed by atoms with Crippen LogP contribution >= 0.6 is 0 Å². The van der Waals surface area contributed by atoms with Gasteiger partial charge in [-0.15, -0.1) is 0 Å². The van der Waals surface area contributed by atoms with Gasteiger partial charge in [0.25, 0.3) is 0 Å². The van der Waals surface area contributed by atoms with E-state index in [-0.39, 0.29) is 17.6 Å². The molecule has 0 radical (unpaired) electrons. The summed E-state index contributed by atoms with van der Waals surface area (Å²) in [4.78, 5) is 4.54. The number of fused-ring (bicyclic) bond motifs is 1. The Hall–Kier alpha value is -2.36. The zero-order valence-electron chi connectivity index (χ0n) is 11.3. The summed E-state index contributed by atoms with van der Waals surface area (Å²) >= 11 is 0. The van der Waals surface area contributed by atoms with E-state index in [0.717, 1.165) is 11.0 Å². The summed E-state index contributed by atoms with van der Waals surface area (Å²) in [5.41, 5.74) is 2.11. The fourth-order valence-electron chi connectivity index (χ4n) is 2.44. The topological polar surface area (TPSA) is 38.0 Å². The minimum Gasteiger partial charge on any atom is -0.507 e. The van der Waals surface area contributed by atoms with Crippen LogP contribution in [0.3, 0.4) is 0 Å². The summed E-state index contributed by atoms with van der Waals surface area (Å²) in [6.45, 7) is 4.02. The van der Waals surface area contributed by atoms with Crippen LogP contribution in [0.15, 0.2) is 42.5 Å². The lowest BCUT2D eigenvalue weighted by Gasteiger charge is -2.13. The van der Waals surface area contributed by atoms with Crippen molar-refractivity contribution in [2.24, 2.45) is 0 Å². The van der Waals surface area contributed by atoms with Gasteiger partial charge >= 0.3 is 0 Å². The van der Waals surface area contributed by atoms with Crippen molar-refractivity contribution in [1.82, 2.24) is 9.55 Å². The number of benzene rings is 2. The SMILES string of the molecule is CC(C)n1c(-c2ccccc2O)nc2ccc(F)cc21. The van der Waals surface area contributed by atoms with E-state index in [0.29, 0.717) is 11.4 Å². The Morgan fingerprint density at radius 3 is 2.60 bits per heavy atom. The average molecular weight is 270 g/mol. The van der Waals surface area contributed by atoms with Gasteiger partial charge in [-0.05, 0) is 44.2 Å². The van der Waals surface area contributed by atoms with Crippen molar-refractivity contribution in [3.63, 3.8) is 0 Å². The first kappa shape index (κ1) is 12.7. The summed E-state index contributed by atoms with van der Waals surface area (Å²) in [5.74, 6) is 0.534. The van der Waals surface area contributed by atoms with Crippen molar-refractivity contribution in [3.05, 3.63) is 48.3 Å². The average Bonchev–Trinajstić information content (AvgIpc) is 2.77. The number of imidazole rings is 1. The molecule has 0 amide bonds. The Kier molecular flexibility index (Phi) is 2.93. The maximum absolute atomic E-state index is 13.5. The molecule has 0 bridgehead atoms. The Bertz CT molecular complexity index is 777. The second-order valence-corrected chi connectivity index (χ2v) is 5.05. The molecule has 3 nitrogen and oxygen atoms in total. The molecule has 0 spiro atoms. The van der Waals surface area contributed by atoms with E-state index in [1.165, 1.54) is 12.1 Å². The van der Waals surface area contributed by atoms with Crippen LogP contribution in [0, 0.1) is 5.82 Å². The van der Waals surface area contributed by atoms with Gasteiger partial charge in [0.1, 0.15) is 17.4 Å². The molecule has 0 aliphatic heterocycles. The first-order valence-electron chi connectivity index (χ1n) is 6.54. The molecule has 0 fully saturated rings. The maximum Gasteiger partial charge on any atom is 0.145 e. The largest absolute Gasteiger partial charge is 0.507 e. The molecule has 0 saturated carbocycles. The molecule has 3 rings (SSSR count). The van der Waals surface area contributed by atoms with Crippen molar-refractivity contribution in [2.45, 2.75) is 19.9 Å². The van der Waals surface area contributed by atoms with E-state index in [4.69, 9.17) is 0 Å². The van der Waals surface area contributed by atoms with Gasteiger partial charge in [0.2, 0.25) is 0 Å². The van der Waals surface area contributed by atoms with Crippen LogP contribution in [0.2, 0.25) is 0 Å². The van der Waals surface area contributed by atoms with E-state index in [9.17, 15) is 9.50 Å². The predicted molar refractivity (Wildman–Crippen MR) is 77.2 cm³/mol. The molecule has 1 aromatic heterocycles. The van der Waals surface area contributed by atoms with Crippen molar-refractivity contribution >= 4 is 11.0 Å². The van der Waals surface area contributed by atoms with E-state index in [1.54, 1.807) is 18.2 Å². The van der Waals surface area contributed by atoms with Crippen LogP contribution in [0.1, 0.15) is 19.9 Å². The zero-order valence-corrected chi connectivity index (χ0v) is 11.3. The third-order valence-corrected chi connectivity index (χ3v) is 3.31. The number of hydrogen-bond acceptors (Lipinski definition) is 2. The fraction of sp³-hybridized carbons (Fsp3) is 0.188. The second-order valence-electron chi connectivity index (χ2n) is 5.05. The number of phenols is 1. The number of phenolic OH excluding ortho intramolecular Hbond substituents is 1. The van der Waals surface area contributed by atoms with E-state index in [1.807, 2.05) is 30.5 Å². The quantitative estimate of drug-likeness (QED) is 0.760. The molecule has 1 heterocycles. The molecule has 1 N–H and O–H groups in total. The minimum absolute atomic E-state index is 0.108.